The van der Waals surface area contributed by atoms with E-state index in [9.17, 15) is 0 Å². The van der Waals surface area contributed by atoms with E-state index in [1.807, 2.05) is 50.5 Å². The van der Waals surface area contributed by atoms with Gasteiger partial charge in [-0.2, -0.15) is 5.10 Å². The van der Waals surface area contributed by atoms with Gasteiger partial charge >= 0.3 is 0 Å². The second kappa shape index (κ2) is 6.22. The lowest BCUT2D eigenvalue weighted by atomic mass is 10.2. The Morgan fingerprint density at radius 2 is 1.77 bits per heavy atom. The lowest BCUT2D eigenvalue weighted by Gasteiger charge is -2.11. The predicted octanol–water partition coefficient (Wildman–Crippen LogP) is 3.14. The molecule has 3 aromatic rings. The fourth-order valence-electron chi connectivity index (χ4n) is 2.12. The van der Waals surface area contributed by atoms with Crippen LogP contribution in [0.25, 0.3) is 10.9 Å². The van der Waals surface area contributed by atoms with Crippen LogP contribution >= 0.6 is 0 Å². The predicted molar refractivity (Wildman–Crippen MR) is 91.5 cm³/mol. The van der Waals surface area contributed by atoms with Gasteiger partial charge < -0.3 is 4.90 Å². The number of fused-ring (bicyclic) bond motifs is 1. The molecule has 0 fully saturated rings. The summed E-state index contributed by atoms with van der Waals surface area (Å²) in [5.74, 6) is 0.701. The maximum atomic E-state index is 4.26. The van der Waals surface area contributed by atoms with Gasteiger partial charge in [-0.1, -0.05) is 24.3 Å². The van der Waals surface area contributed by atoms with E-state index in [1.165, 1.54) is 6.33 Å². The first-order chi connectivity index (χ1) is 10.7. The maximum absolute atomic E-state index is 4.26. The Labute approximate surface area is 129 Å². The number of aromatic nitrogens is 2. The highest BCUT2D eigenvalue weighted by Crippen LogP contribution is 2.18. The van der Waals surface area contributed by atoms with Gasteiger partial charge in [-0.25, -0.2) is 9.97 Å². The molecule has 0 spiro atoms. The van der Waals surface area contributed by atoms with Crippen LogP contribution in [0.3, 0.4) is 0 Å². The number of rotatable bonds is 4. The normalized spacial score (nSPS) is 11.0. The zero-order valence-electron chi connectivity index (χ0n) is 12.6. The third-order valence-corrected chi connectivity index (χ3v) is 3.34. The van der Waals surface area contributed by atoms with E-state index >= 15 is 0 Å². The molecule has 22 heavy (non-hydrogen) atoms. The molecule has 1 N–H and O–H groups in total. The molecular weight excluding hydrogens is 274 g/mol. The molecule has 0 radical (unpaired) electrons. The number of benzene rings is 2. The molecule has 1 heterocycles. The van der Waals surface area contributed by atoms with E-state index in [4.69, 9.17) is 0 Å². The van der Waals surface area contributed by atoms with Gasteiger partial charge in [0.2, 0.25) is 0 Å². The lowest BCUT2D eigenvalue weighted by molar-refractivity contribution is 1.13. The van der Waals surface area contributed by atoms with E-state index in [2.05, 4.69) is 37.5 Å². The quantitative estimate of drug-likeness (QED) is 0.592. The molecule has 110 valence electrons. The van der Waals surface area contributed by atoms with E-state index in [0.717, 1.165) is 22.2 Å². The summed E-state index contributed by atoms with van der Waals surface area (Å²) in [4.78, 5) is 10.5. The van der Waals surface area contributed by atoms with Gasteiger partial charge in [-0.05, 0) is 29.8 Å². The van der Waals surface area contributed by atoms with Crippen LogP contribution in [0.15, 0.2) is 60.0 Å². The van der Waals surface area contributed by atoms with E-state index in [1.54, 1.807) is 6.21 Å². The molecule has 2 aromatic carbocycles. The van der Waals surface area contributed by atoms with E-state index < -0.39 is 0 Å². The third kappa shape index (κ3) is 3.03. The molecule has 0 aliphatic heterocycles. The number of hydrazone groups is 1. The average molecular weight is 291 g/mol. The highest BCUT2D eigenvalue weighted by Gasteiger charge is 2.00. The number of hydrogen-bond acceptors (Lipinski definition) is 5. The number of nitrogens with one attached hydrogen (secondary N) is 1. The molecule has 0 unspecified atom stereocenters. The van der Waals surface area contributed by atoms with Gasteiger partial charge in [0.1, 0.15) is 6.33 Å². The molecule has 3 rings (SSSR count). The van der Waals surface area contributed by atoms with Crippen molar-refractivity contribution in [3.63, 3.8) is 0 Å². The summed E-state index contributed by atoms with van der Waals surface area (Å²) in [5, 5.41) is 5.21. The molecule has 5 heteroatoms. The van der Waals surface area contributed by atoms with Crippen LogP contribution in [0.1, 0.15) is 5.56 Å². The summed E-state index contributed by atoms with van der Waals surface area (Å²) < 4.78 is 0. The standard InChI is InChI=1S/C17H17N5/c1-22(2)14-9-7-13(8-10-14)11-20-21-17-15-5-3-4-6-16(15)18-12-19-17/h3-12H,1-2H3,(H,18,19,21). The van der Waals surface area contributed by atoms with Gasteiger partial charge in [0.05, 0.1) is 11.7 Å². The van der Waals surface area contributed by atoms with Crippen molar-refractivity contribution in [2.75, 3.05) is 24.4 Å². The van der Waals surface area contributed by atoms with Crippen molar-refractivity contribution in [1.29, 1.82) is 0 Å². The molecule has 0 aliphatic carbocycles. The zero-order chi connectivity index (χ0) is 15.4. The number of hydrogen-bond donors (Lipinski definition) is 1. The number of nitrogens with zero attached hydrogens (tertiary/aromatic N) is 4. The minimum Gasteiger partial charge on any atom is -0.378 e. The van der Waals surface area contributed by atoms with Crippen LogP contribution in [0.4, 0.5) is 11.5 Å². The zero-order valence-corrected chi connectivity index (χ0v) is 12.6. The second-order valence-electron chi connectivity index (χ2n) is 5.10. The highest BCUT2D eigenvalue weighted by molar-refractivity contribution is 5.89. The molecule has 0 aliphatic rings. The Balaban J connectivity index is 1.76. The Kier molecular flexibility index (Phi) is 3.96. The lowest BCUT2D eigenvalue weighted by Crippen LogP contribution is -2.08. The van der Waals surface area contributed by atoms with Crippen molar-refractivity contribution in [2.24, 2.45) is 5.10 Å². The topological polar surface area (TPSA) is 53.4 Å². The smallest absolute Gasteiger partial charge is 0.157 e. The van der Waals surface area contributed by atoms with Crippen LogP contribution in [0.2, 0.25) is 0 Å². The summed E-state index contributed by atoms with van der Waals surface area (Å²) in [6.07, 6.45) is 3.31. The van der Waals surface area contributed by atoms with E-state index in [0.29, 0.717) is 5.82 Å². The van der Waals surface area contributed by atoms with Crippen molar-refractivity contribution >= 4 is 28.6 Å². The van der Waals surface area contributed by atoms with Crippen LogP contribution in [-0.2, 0) is 0 Å². The van der Waals surface area contributed by atoms with Crippen LogP contribution in [-0.4, -0.2) is 30.3 Å². The maximum Gasteiger partial charge on any atom is 0.157 e. The third-order valence-electron chi connectivity index (χ3n) is 3.34. The monoisotopic (exact) mass is 291 g/mol. The van der Waals surface area contributed by atoms with Gasteiger partial charge in [0, 0.05) is 25.2 Å². The van der Waals surface area contributed by atoms with Crippen molar-refractivity contribution in [3.8, 4) is 0 Å². The van der Waals surface area contributed by atoms with Gasteiger partial charge in [-0.3, -0.25) is 5.43 Å². The summed E-state index contributed by atoms with van der Waals surface area (Å²) in [6, 6.07) is 16.0. The molecule has 0 atom stereocenters. The van der Waals surface area contributed by atoms with Crippen molar-refractivity contribution in [1.82, 2.24) is 9.97 Å². The Bertz CT molecular complexity index is 788. The minimum atomic E-state index is 0.701. The molecule has 0 amide bonds. The number of para-hydroxylation sites is 1. The number of anilines is 2. The molecular formula is C17H17N5. The SMILES string of the molecule is CN(C)c1ccc(C=NNc2ncnc3ccccc23)cc1. The second-order valence-corrected chi connectivity index (χ2v) is 5.10. The van der Waals surface area contributed by atoms with Crippen LogP contribution < -0.4 is 10.3 Å². The fraction of sp³-hybridized carbons (Fsp3) is 0.118. The largest absolute Gasteiger partial charge is 0.378 e. The van der Waals surface area contributed by atoms with Crippen molar-refractivity contribution < 1.29 is 0 Å². The molecule has 5 nitrogen and oxygen atoms in total. The Morgan fingerprint density at radius 1 is 1.00 bits per heavy atom. The van der Waals surface area contributed by atoms with E-state index in [-0.39, 0.29) is 0 Å². The molecule has 1 aromatic heterocycles. The van der Waals surface area contributed by atoms with Gasteiger partial charge in [0.25, 0.3) is 0 Å². The Hall–Kier alpha value is -2.95. The first-order valence-electron chi connectivity index (χ1n) is 7.00. The van der Waals surface area contributed by atoms with Gasteiger partial charge in [0.15, 0.2) is 5.82 Å². The first-order valence-corrected chi connectivity index (χ1v) is 7.00. The molecule has 0 saturated carbocycles. The average Bonchev–Trinajstić information content (AvgIpc) is 2.55. The van der Waals surface area contributed by atoms with Crippen LogP contribution in [0.5, 0.6) is 0 Å². The summed E-state index contributed by atoms with van der Waals surface area (Å²) in [6.45, 7) is 0. The molecule has 0 bridgehead atoms. The fourth-order valence-corrected chi connectivity index (χ4v) is 2.12. The minimum absolute atomic E-state index is 0.701. The van der Waals surface area contributed by atoms with Crippen molar-refractivity contribution in [2.45, 2.75) is 0 Å². The highest BCUT2D eigenvalue weighted by atomic mass is 15.3. The molecule has 0 saturated heterocycles. The van der Waals surface area contributed by atoms with Crippen LogP contribution in [0, 0.1) is 0 Å². The Morgan fingerprint density at radius 3 is 2.55 bits per heavy atom. The summed E-state index contributed by atoms with van der Waals surface area (Å²) in [7, 11) is 4.04. The van der Waals surface area contributed by atoms with Crippen molar-refractivity contribution in [3.05, 3.63) is 60.4 Å². The van der Waals surface area contributed by atoms with Gasteiger partial charge in [-0.15, -0.1) is 0 Å². The summed E-state index contributed by atoms with van der Waals surface area (Å²) in [5.41, 5.74) is 6.06. The first kappa shape index (κ1) is 14.0. The summed E-state index contributed by atoms with van der Waals surface area (Å²) >= 11 is 0.